The zero-order chi connectivity index (χ0) is 36.9. The minimum Gasteiger partial charge on any atom is -0.353 e. The molecular formula is C49H43N5. The van der Waals surface area contributed by atoms with Gasteiger partial charge >= 0.3 is 0 Å². The maximum absolute atomic E-state index is 5.61. The molecule has 264 valence electrons. The van der Waals surface area contributed by atoms with Crippen LogP contribution in [0.25, 0.3) is 60.4 Å². The Balaban J connectivity index is 1.23. The minimum atomic E-state index is -0.0747. The molecule has 1 aliphatic rings. The van der Waals surface area contributed by atoms with Crippen LogP contribution in [-0.4, -0.2) is 19.7 Å². The minimum absolute atomic E-state index is 0.0406. The first-order valence-corrected chi connectivity index (χ1v) is 19.0. The lowest BCUT2D eigenvalue weighted by Gasteiger charge is -2.26. The predicted octanol–water partition coefficient (Wildman–Crippen LogP) is 12.8. The van der Waals surface area contributed by atoms with Gasteiger partial charge in [0.15, 0.2) is 5.82 Å². The number of hydrogen-bond acceptors (Lipinski definition) is 3. The molecule has 0 unspecified atom stereocenters. The van der Waals surface area contributed by atoms with Gasteiger partial charge < -0.3 is 4.98 Å². The number of rotatable bonds is 4. The third-order valence-electron chi connectivity index (χ3n) is 11.3. The van der Waals surface area contributed by atoms with E-state index in [-0.39, 0.29) is 10.8 Å². The summed E-state index contributed by atoms with van der Waals surface area (Å²) in [5.74, 6) is 0.875. The van der Waals surface area contributed by atoms with Gasteiger partial charge in [0.25, 0.3) is 0 Å². The Morgan fingerprint density at radius 1 is 0.630 bits per heavy atom. The molecule has 1 aliphatic carbocycles. The van der Waals surface area contributed by atoms with Crippen molar-refractivity contribution in [1.82, 2.24) is 19.7 Å². The Labute approximate surface area is 315 Å². The molecule has 1 N–H and O–H groups in total. The number of nitrogens with one attached hydrogen (secondary N) is 1. The second-order valence-corrected chi connectivity index (χ2v) is 16.9. The van der Waals surface area contributed by atoms with Crippen molar-refractivity contribution in [1.29, 1.82) is 0 Å². The van der Waals surface area contributed by atoms with Crippen molar-refractivity contribution >= 4 is 60.7 Å². The summed E-state index contributed by atoms with van der Waals surface area (Å²) in [6, 6.07) is 46.4. The number of fused-ring (bicyclic) bond motifs is 6. The first-order valence-electron chi connectivity index (χ1n) is 19.0. The third-order valence-corrected chi connectivity index (χ3v) is 11.3. The van der Waals surface area contributed by atoms with E-state index in [0.717, 1.165) is 56.9 Å². The van der Waals surface area contributed by atoms with Gasteiger partial charge in [0.1, 0.15) is 0 Å². The highest BCUT2D eigenvalue weighted by Gasteiger charge is 2.27. The number of aromatic nitrogens is 4. The van der Waals surface area contributed by atoms with Crippen molar-refractivity contribution < 1.29 is 0 Å². The largest absolute Gasteiger partial charge is 0.353 e. The predicted molar refractivity (Wildman–Crippen MR) is 226 cm³/mol. The van der Waals surface area contributed by atoms with Gasteiger partial charge in [0.2, 0.25) is 0 Å². The Morgan fingerprint density at radius 3 is 2.22 bits per heavy atom. The van der Waals surface area contributed by atoms with E-state index in [0.29, 0.717) is 0 Å². The average Bonchev–Trinajstić information content (AvgIpc) is 3.73. The number of para-hydroxylation sites is 2. The lowest BCUT2D eigenvalue weighted by Crippen LogP contribution is -2.14. The lowest BCUT2D eigenvalue weighted by atomic mass is 9.84. The molecule has 9 aromatic rings. The quantitative estimate of drug-likeness (QED) is 0.199. The fraction of sp³-hybridized carbons (Fsp3) is 0.184. The lowest BCUT2D eigenvalue weighted by molar-refractivity contribution is 0.590. The smallest absolute Gasteiger partial charge is 0.168 e. The monoisotopic (exact) mass is 701 g/mol. The third kappa shape index (κ3) is 5.06. The Bertz CT molecular complexity index is 2930. The topological polar surface area (TPSA) is 49.7 Å². The van der Waals surface area contributed by atoms with Gasteiger partial charge in [0.05, 0.1) is 22.4 Å². The molecule has 0 radical (unpaired) electrons. The fourth-order valence-electron chi connectivity index (χ4n) is 8.36. The summed E-state index contributed by atoms with van der Waals surface area (Å²) in [5.41, 5.74) is 13.8. The van der Waals surface area contributed by atoms with E-state index in [2.05, 4.69) is 184 Å². The number of aromatic amines is 1. The maximum Gasteiger partial charge on any atom is 0.168 e. The van der Waals surface area contributed by atoms with Crippen LogP contribution in [0.2, 0.25) is 0 Å². The highest BCUT2D eigenvalue weighted by molar-refractivity contribution is 6.11. The number of H-pyrrole nitrogens is 1. The number of hydrogen-bond donors (Lipinski definition) is 1. The van der Waals surface area contributed by atoms with Gasteiger partial charge in [-0.05, 0) is 112 Å². The van der Waals surface area contributed by atoms with Crippen LogP contribution in [0.1, 0.15) is 63.8 Å². The fourth-order valence-corrected chi connectivity index (χ4v) is 8.36. The van der Waals surface area contributed by atoms with Crippen LogP contribution in [0.3, 0.4) is 0 Å². The number of benzene rings is 6. The van der Waals surface area contributed by atoms with E-state index in [9.17, 15) is 0 Å². The van der Waals surface area contributed by atoms with Crippen molar-refractivity contribution in [2.24, 2.45) is 0 Å². The summed E-state index contributed by atoms with van der Waals surface area (Å²) in [6.07, 6.45) is 2.82. The van der Waals surface area contributed by atoms with Crippen molar-refractivity contribution in [3.63, 3.8) is 0 Å². The molecule has 0 saturated heterocycles. The van der Waals surface area contributed by atoms with Crippen molar-refractivity contribution in [3.05, 3.63) is 156 Å². The summed E-state index contributed by atoms with van der Waals surface area (Å²) in [7, 11) is 0. The summed E-state index contributed by atoms with van der Waals surface area (Å²) >= 11 is 0. The standard InChI is InChI=1S/C49H43N5/c1-48(2,3)33-20-22-41-39(26-33)40-27-34(49(4,5)6)28-43(45(40)51-41)54-42-18-11-10-17-37(42)47(52-54)53(35-15-8-7-9-16-35)36-21-19-31-25-32-14-12-13-30-23-24-50-46(44(30)32)38(31)29-36/h7-24,26-29,51H,25H2,1-6H3. The van der Waals surface area contributed by atoms with Crippen molar-refractivity contribution in [3.8, 4) is 16.9 Å². The van der Waals surface area contributed by atoms with E-state index in [1.165, 1.54) is 49.4 Å². The van der Waals surface area contributed by atoms with E-state index in [1.54, 1.807) is 0 Å². The molecule has 0 saturated carbocycles. The summed E-state index contributed by atoms with van der Waals surface area (Å²) in [4.78, 5) is 11.1. The summed E-state index contributed by atoms with van der Waals surface area (Å²) in [6.45, 7) is 13.7. The summed E-state index contributed by atoms with van der Waals surface area (Å²) < 4.78 is 2.16. The second-order valence-electron chi connectivity index (χ2n) is 16.9. The molecular weight excluding hydrogens is 659 g/mol. The normalized spacial score (nSPS) is 12.9. The number of anilines is 3. The van der Waals surface area contributed by atoms with Crippen molar-refractivity contribution in [2.75, 3.05) is 4.90 Å². The second kappa shape index (κ2) is 11.6. The Hall–Kier alpha value is -6.20. The highest BCUT2D eigenvalue weighted by atomic mass is 15.4. The average molecular weight is 702 g/mol. The molecule has 5 heteroatoms. The van der Waals surface area contributed by atoms with Crippen LogP contribution >= 0.6 is 0 Å². The van der Waals surface area contributed by atoms with Gasteiger partial charge in [-0.25, -0.2) is 4.68 Å². The van der Waals surface area contributed by atoms with Crippen LogP contribution in [0.15, 0.2) is 134 Å². The Kier molecular flexibility index (Phi) is 7.00. The molecule has 3 heterocycles. The molecule has 0 amide bonds. The van der Waals surface area contributed by atoms with Gasteiger partial charge in [-0.15, -0.1) is 5.10 Å². The van der Waals surface area contributed by atoms with E-state index < -0.39 is 0 Å². The zero-order valence-corrected chi connectivity index (χ0v) is 31.7. The molecule has 3 aromatic heterocycles. The van der Waals surface area contributed by atoms with Crippen molar-refractivity contribution in [2.45, 2.75) is 58.8 Å². The molecule has 0 spiro atoms. The van der Waals surface area contributed by atoms with E-state index in [4.69, 9.17) is 10.1 Å². The number of nitrogens with zero attached hydrogens (tertiary/aromatic N) is 4. The molecule has 10 rings (SSSR count). The van der Waals surface area contributed by atoms with Gasteiger partial charge in [-0.2, -0.15) is 0 Å². The van der Waals surface area contributed by atoms with E-state index in [1.807, 2.05) is 6.20 Å². The first kappa shape index (κ1) is 32.5. The molecule has 5 nitrogen and oxygen atoms in total. The van der Waals surface area contributed by atoms with Crippen LogP contribution < -0.4 is 4.90 Å². The molecule has 54 heavy (non-hydrogen) atoms. The van der Waals surface area contributed by atoms with Crippen LogP contribution in [0.4, 0.5) is 17.2 Å². The van der Waals surface area contributed by atoms with Gasteiger partial charge in [-0.3, -0.25) is 9.88 Å². The highest BCUT2D eigenvalue weighted by Crippen LogP contribution is 2.45. The Morgan fingerprint density at radius 2 is 1.41 bits per heavy atom. The van der Waals surface area contributed by atoms with E-state index >= 15 is 0 Å². The SMILES string of the molecule is CC(C)(C)c1ccc2[nH]c3c(-n4nc(N(c5ccccc5)c5ccc6c(c5)-c5nccc7cccc(c57)C6)c5ccccc54)cc(C(C)(C)C)cc3c2c1. The van der Waals surface area contributed by atoms with Gasteiger partial charge in [-0.1, -0.05) is 102 Å². The van der Waals surface area contributed by atoms with Gasteiger partial charge in [0, 0.05) is 50.2 Å². The van der Waals surface area contributed by atoms with Crippen LogP contribution in [0, 0.1) is 0 Å². The molecule has 0 aliphatic heterocycles. The molecule has 0 atom stereocenters. The summed E-state index contributed by atoms with van der Waals surface area (Å²) in [5, 5.41) is 11.6. The molecule has 0 bridgehead atoms. The van der Waals surface area contributed by atoms with Crippen LogP contribution in [0.5, 0.6) is 0 Å². The van der Waals surface area contributed by atoms with Crippen LogP contribution in [-0.2, 0) is 17.3 Å². The maximum atomic E-state index is 5.61. The molecule has 6 aromatic carbocycles. The first-order chi connectivity index (χ1) is 26.0. The zero-order valence-electron chi connectivity index (χ0n) is 31.7. The number of pyridine rings is 1. The molecule has 0 fully saturated rings.